The van der Waals surface area contributed by atoms with Gasteiger partial charge in [0.25, 0.3) is 0 Å². The molecular formula is C13H18N2OS. The van der Waals surface area contributed by atoms with Crippen LogP contribution < -0.4 is 10.6 Å². The zero-order valence-electron chi connectivity index (χ0n) is 10.3. The van der Waals surface area contributed by atoms with E-state index in [4.69, 9.17) is 5.73 Å². The zero-order chi connectivity index (χ0) is 12.5. The van der Waals surface area contributed by atoms with Crippen LogP contribution in [-0.4, -0.2) is 23.5 Å². The van der Waals surface area contributed by atoms with Gasteiger partial charge in [0, 0.05) is 18.4 Å². The number of anilines is 2. The first-order valence-electron chi connectivity index (χ1n) is 5.80. The molecule has 1 aromatic carbocycles. The highest BCUT2D eigenvalue weighted by molar-refractivity contribution is 8.01. The highest BCUT2D eigenvalue weighted by atomic mass is 32.2. The largest absolute Gasteiger partial charge is 0.399 e. The maximum Gasteiger partial charge on any atom is 0.242 e. The summed E-state index contributed by atoms with van der Waals surface area (Å²) >= 11 is 1.76. The van der Waals surface area contributed by atoms with Gasteiger partial charge in [-0.1, -0.05) is 6.07 Å². The number of benzene rings is 1. The quantitative estimate of drug-likeness (QED) is 0.820. The first kappa shape index (κ1) is 12.3. The van der Waals surface area contributed by atoms with Crippen molar-refractivity contribution in [3.63, 3.8) is 0 Å². The van der Waals surface area contributed by atoms with Gasteiger partial charge in [-0.05, 0) is 43.7 Å². The van der Waals surface area contributed by atoms with E-state index in [1.807, 2.05) is 38.2 Å². The highest BCUT2D eigenvalue weighted by Crippen LogP contribution is 2.39. The molecule has 0 aliphatic carbocycles. The lowest BCUT2D eigenvalue weighted by molar-refractivity contribution is -0.120. The number of hydrogen-bond donors (Lipinski definition) is 1. The van der Waals surface area contributed by atoms with Crippen LogP contribution in [0.4, 0.5) is 11.4 Å². The van der Waals surface area contributed by atoms with E-state index in [9.17, 15) is 4.79 Å². The minimum Gasteiger partial charge on any atom is -0.399 e. The van der Waals surface area contributed by atoms with Crippen molar-refractivity contribution in [2.24, 2.45) is 0 Å². The van der Waals surface area contributed by atoms with E-state index in [1.165, 1.54) is 0 Å². The molecule has 17 heavy (non-hydrogen) atoms. The lowest BCUT2D eigenvalue weighted by Gasteiger charge is -2.28. The van der Waals surface area contributed by atoms with E-state index in [1.54, 1.807) is 16.7 Å². The summed E-state index contributed by atoms with van der Waals surface area (Å²) in [7, 11) is 1.82. The van der Waals surface area contributed by atoms with Gasteiger partial charge in [-0.3, -0.25) is 4.79 Å². The first-order valence-corrected chi connectivity index (χ1v) is 6.79. The van der Waals surface area contributed by atoms with Crippen LogP contribution in [0.2, 0.25) is 0 Å². The monoisotopic (exact) mass is 250 g/mol. The van der Waals surface area contributed by atoms with E-state index >= 15 is 0 Å². The Balaban J connectivity index is 2.20. The number of hydrogen-bond acceptors (Lipinski definition) is 3. The molecule has 1 heterocycles. The van der Waals surface area contributed by atoms with Crippen molar-refractivity contribution in [2.75, 3.05) is 23.4 Å². The second-order valence-corrected chi connectivity index (χ2v) is 6.24. The summed E-state index contributed by atoms with van der Waals surface area (Å²) in [6, 6.07) is 7.45. The Kier molecular flexibility index (Phi) is 3.33. The SMILES string of the molecule is CN(C(=O)C1(C)CCCS1)c1cccc(N)c1. The molecule has 1 aliphatic heterocycles. The van der Waals surface area contributed by atoms with Gasteiger partial charge in [-0.25, -0.2) is 0 Å². The Labute approximate surface area is 106 Å². The molecule has 0 radical (unpaired) electrons. The molecule has 1 atom stereocenters. The molecule has 3 nitrogen and oxygen atoms in total. The molecule has 1 unspecified atom stereocenters. The number of thioether (sulfide) groups is 1. The highest BCUT2D eigenvalue weighted by Gasteiger charge is 2.39. The van der Waals surface area contributed by atoms with Crippen molar-refractivity contribution in [3.8, 4) is 0 Å². The number of carbonyl (C=O) groups excluding carboxylic acids is 1. The van der Waals surface area contributed by atoms with Crippen molar-refractivity contribution < 1.29 is 4.79 Å². The first-order chi connectivity index (χ1) is 8.03. The average molecular weight is 250 g/mol. The molecule has 2 N–H and O–H groups in total. The Morgan fingerprint density at radius 3 is 2.88 bits per heavy atom. The van der Waals surface area contributed by atoms with Gasteiger partial charge < -0.3 is 10.6 Å². The molecule has 1 aliphatic rings. The predicted octanol–water partition coefficient (Wildman–Crippen LogP) is 2.52. The molecule has 1 fully saturated rings. The van der Waals surface area contributed by atoms with Crippen LogP contribution >= 0.6 is 11.8 Å². The van der Waals surface area contributed by atoms with E-state index < -0.39 is 0 Å². The molecule has 2 rings (SSSR count). The normalized spacial score (nSPS) is 23.6. The van der Waals surface area contributed by atoms with E-state index in [0.717, 1.165) is 24.3 Å². The van der Waals surface area contributed by atoms with Crippen LogP contribution in [0.3, 0.4) is 0 Å². The van der Waals surface area contributed by atoms with Crippen LogP contribution in [0.15, 0.2) is 24.3 Å². The molecular weight excluding hydrogens is 232 g/mol. The zero-order valence-corrected chi connectivity index (χ0v) is 11.1. The van der Waals surface area contributed by atoms with Crippen LogP contribution in [0.25, 0.3) is 0 Å². The van der Waals surface area contributed by atoms with Crippen LogP contribution in [0.5, 0.6) is 0 Å². The summed E-state index contributed by atoms with van der Waals surface area (Å²) in [5.41, 5.74) is 7.29. The van der Waals surface area contributed by atoms with Gasteiger partial charge in [0.2, 0.25) is 5.91 Å². The molecule has 0 spiro atoms. The summed E-state index contributed by atoms with van der Waals surface area (Å²) in [6.07, 6.45) is 2.08. The van der Waals surface area contributed by atoms with E-state index in [0.29, 0.717) is 5.69 Å². The third-order valence-electron chi connectivity index (χ3n) is 3.23. The van der Waals surface area contributed by atoms with E-state index in [-0.39, 0.29) is 10.7 Å². The molecule has 0 bridgehead atoms. The standard InChI is InChI=1S/C13H18N2OS/c1-13(7-4-8-17-13)12(16)15(2)11-6-3-5-10(14)9-11/h3,5-6,9H,4,7-8,14H2,1-2H3. The van der Waals surface area contributed by atoms with Gasteiger partial charge in [0.05, 0.1) is 4.75 Å². The molecule has 0 aromatic heterocycles. The topological polar surface area (TPSA) is 46.3 Å². The number of amides is 1. The van der Waals surface area contributed by atoms with Crippen LogP contribution in [0.1, 0.15) is 19.8 Å². The third kappa shape index (κ3) is 2.41. The van der Waals surface area contributed by atoms with Gasteiger partial charge in [0.15, 0.2) is 0 Å². The number of rotatable bonds is 2. The van der Waals surface area contributed by atoms with Crippen molar-refractivity contribution in [3.05, 3.63) is 24.3 Å². The Hall–Kier alpha value is -1.16. The fraction of sp³-hybridized carbons (Fsp3) is 0.462. The fourth-order valence-corrected chi connectivity index (χ4v) is 3.44. The fourth-order valence-electron chi connectivity index (χ4n) is 2.15. The number of nitrogen functional groups attached to an aromatic ring is 1. The van der Waals surface area contributed by atoms with Gasteiger partial charge in [0.1, 0.15) is 0 Å². The summed E-state index contributed by atoms with van der Waals surface area (Å²) < 4.78 is -0.265. The lowest BCUT2D eigenvalue weighted by Crippen LogP contribution is -2.41. The van der Waals surface area contributed by atoms with Crippen molar-refractivity contribution in [1.29, 1.82) is 0 Å². The summed E-state index contributed by atoms with van der Waals surface area (Å²) in [4.78, 5) is 14.2. The summed E-state index contributed by atoms with van der Waals surface area (Å²) in [6.45, 7) is 2.04. The molecule has 1 saturated heterocycles. The predicted molar refractivity (Wildman–Crippen MR) is 74.4 cm³/mol. The third-order valence-corrected chi connectivity index (χ3v) is 4.74. The van der Waals surface area contributed by atoms with Gasteiger partial charge in [-0.15, -0.1) is 11.8 Å². The van der Waals surface area contributed by atoms with Gasteiger partial charge in [-0.2, -0.15) is 0 Å². The smallest absolute Gasteiger partial charge is 0.242 e. The molecule has 0 saturated carbocycles. The Morgan fingerprint density at radius 1 is 1.53 bits per heavy atom. The summed E-state index contributed by atoms with van der Waals surface area (Å²) in [5.74, 6) is 1.25. The molecule has 4 heteroatoms. The van der Waals surface area contributed by atoms with Crippen molar-refractivity contribution in [1.82, 2.24) is 0 Å². The number of carbonyl (C=O) groups is 1. The minimum absolute atomic E-state index is 0.172. The van der Waals surface area contributed by atoms with E-state index in [2.05, 4.69) is 0 Å². The maximum atomic E-state index is 12.4. The second-order valence-electron chi connectivity index (χ2n) is 4.64. The lowest BCUT2D eigenvalue weighted by atomic mass is 10.0. The average Bonchev–Trinajstić information content (AvgIpc) is 2.75. The Bertz CT molecular complexity index is 427. The second kappa shape index (κ2) is 4.61. The number of nitrogens with two attached hydrogens (primary N) is 1. The van der Waals surface area contributed by atoms with Crippen LogP contribution in [0, 0.1) is 0 Å². The molecule has 92 valence electrons. The minimum atomic E-state index is -0.265. The maximum absolute atomic E-state index is 12.4. The molecule has 1 aromatic rings. The van der Waals surface area contributed by atoms with Gasteiger partial charge >= 0.3 is 0 Å². The van der Waals surface area contributed by atoms with Crippen molar-refractivity contribution in [2.45, 2.75) is 24.5 Å². The Morgan fingerprint density at radius 2 is 2.29 bits per heavy atom. The van der Waals surface area contributed by atoms with Crippen molar-refractivity contribution >= 4 is 29.0 Å². The number of nitrogens with zero attached hydrogens (tertiary/aromatic N) is 1. The van der Waals surface area contributed by atoms with Crippen LogP contribution in [-0.2, 0) is 4.79 Å². The molecule has 1 amide bonds. The summed E-state index contributed by atoms with van der Waals surface area (Å²) in [5, 5.41) is 0.